The van der Waals surface area contributed by atoms with Crippen LogP contribution in [0.4, 0.5) is 5.69 Å². The predicted octanol–water partition coefficient (Wildman–Crippen LogP) is 4.79. The summed E-state index contributed by atoms with van der Waals surface area (Å²) in [6.07, 6.45) is 1.53. The van der Waals surface area contributed by atoms with Crippen LogP contribution in [-0.2, 0) is 4.79 Å². The molecule has 0 aromatic heterocycles. The number of para-hydroxylation sites is 1. The van der Waals surface area contributed by atoms with E-state index in [2.05, 4.69) is 26.6 Å². The van der Waals surface area contributed by atoms with Crippen molar-refractivity contribution in [2.45, 2.75) is 6.92 Å². The van der Waals surface area contributed by atoms with Crippen molar-refractivity contribution in [3.05, 3.63) is 93.6 Å². The number of Topliss-reactive ketones (excluding diaryl/α,β-unsaturated/α-hetero) is 1. The smallest absolute Gasteiger partial charge is 0.272 e. The Kier molecular flexibility index (Phi) is 6.55. The number of fused-ring (bicyclic) bond motifs is 1. The first-order valence-corrected chi connectivity index (χ1v) is 10.8. The zero-order chi connectivity index (χ0) is 23.4. The maximum Gasteiger partial charge on any atom is 0.272 e. The average Bonchev–Trinajstić information content (AvgIpc) is 3.27. The van der Waals surface area contributed by atoms with Gasteiger partial charge in [-0.3, -0.25) is 14.4 Å². The van der Waals surface area contributed by atoms with Crippen LogP contribution in [0.25, 0.3) is 6.08 Å². The third-order valence-corrected chi connectivity index (χ3v) is 5.56. The van der Waals surface area contributed by atoms with Crippen molar-refractivity contribution in [2.24, 2.45) is 0 Å². The van der Waals surface area contributed by atoms with E-state index in [4.69, 9.17) is 9.47 Å². The number of carbonyl (C=O) groups is 3. The molecular formula is C25H19BrN2O5. The van der Waals surface area contributed by atoms with Crippen molar-refractivity contribution in [3.63, 3.8) is 0 Å². The van der Waals surface area contributed by atoms with Crippen molar-refractivity contribution in [1.82, 2.24) is 5.32 Å². The van der Waals surface area contributed by atoms with Crippen molar-refractivity contribution in [1.29, 1.82) is 0 Å². The Morgan fingerprint density at radius 3 is 2.36 bits per heavy atom. The summed E-state index contributed by atoms with van der Waals surface area (Å²) in [6, 6.07) is 18.7. The molecule has 0 saturated carbocycles. The van der Waals surface area contributed by atoms with Crippen LogP contribution in [-0.4, -0.2) is 24.4 Å². The monoisotopic (exact) mass is 506 g/mol. The average molecular weight is 507 g/mol. The zero-order valence-corrected chi connectivity index (χ0v) is 19.1. The first kappa shape index (κ1) is 22.3. The lowest BCUT2D eigenvalue weighted by molar-refractivity contribution is -0.113. The normalized spacial score (nSPS) is 12.2. The second-order valence-corrected chi connectivity index (χ2v) is 8.01. The SMILES string of the molecule is CC(=O)c1ccccc1NC(=O)C(=Cc1ccc2c(c1)OCO2)NC(=O)c1ccccc1Br. The molecule has 1 aliphatic rings. The highest BCUT2D eigenvalue weighted by Gasteiger charge is 2.19. The number of anilines is 1. The van der Waals surface area contributed by atoms with Crippen LogP contribution in [0.15, 0.2) is 76.9 Å². The van der Waals surface area contributed by atoms with E-state index >= 15 is 0 Å². The van der Waals surface area contributed by atoms with Gasteiger partial charge in [0.05, 0.1) is 11.3 Å². The van der Waals surface area contributed by atoms with E-state index < -0.39 is 11.8 Å². The van der Waals surface area contributed by atoms with Gasteiger partial charge < -0.3 is 20.1 Å². The molecule has 0 saturated heterocycles. The highest BCUT2D eigenvalue weighted by atomic mass is 79.9. The van der Waals surface area contributed by atoms with Gasteiger partial charge in [0.25, 0.3) is 11.8 Å². The third kappa shape index (κ3) is 5.12. The lowest BCUT2D eigenvalue weighted by atomic mass is 10.1. The standard InChI is InChI=1S/C25H19BrN2O5/c1-15(29)17-6-3-5-9-20(17)27-25(31)21(28-24(30)18-7-2-4-8-19(18)26)12-16-10-11-22-23(13-16)33-14-32-22/h2-13H,14H2,1H3,(H,27,31)(H,28,30). The minimum absolute atomic E-state index is 0.00651. The highest BCUT2D eigenvalue weighted by molar-refractivity contribution is 9.10. The van der Waals surface area contributed by atoms with E-state index in [1.807, 2.05) is 0 Å². The third-order valence-electron chi connectivity index (χ3n) is 4.87. The van der Waals surface area contributed by atoms with Crippen LogP contribution in [0.3, 0.4) is 0 Å². The Hall–Kier alpha value is -3.91. The summed E-state index contributed by atoms with van der Waals surface area (Å²) < 4.78 is 11.3. The fraction of sp³-hybridized carbons (Fsp3) is 0.0800. The van der Waals surface area contributed by atoms with Crippen LogP contribution < -0.4 is 20.1 Å². The number of rotatable bonds is 6. The minimum atomic E-state index is -0.582. The van der Waals surface area contributed by atoms with E-state index in [9.17, 15) is 14.4 Å². The molecule has 1 heterocycles. The quantitative estimate of drug-likeness (QED) is 0.370. The highest BCUT2D eigenvalue weighted by Crippen LogP contribution is 2.33. The molecule has 0 bridgehead atoms. The summed E-state index contributed by atoms with van der Waals surface area (Å²) in [6.45, 7) is 1.54. The van der Waals surface area contributed by atoms with Crippen molar-refractivity contribution in [3.8, 4) is 11.5 Å². The summed E-state index contributed by atoms with van der Waals surface area (Å²) >= 11 is 3.35. The molecule has 0 radical (unpaired) electrons. The molecule has 0 aliphatic carbocycles. The van der Waals surface area contributed by atoms with Gasteiger partial charge in [-0.25, -0.2) is 0 Å². The Morgan fingerprint density at radius 1 is 0.909 bits per heavy atom. The van der Waals surface area contributed by atoms with Gasteiger partial charge in [-0.1, -0.05) is 30.3 Å². The van der Waals surface area contributed by atoms with E-state index in [-0.39, 0.29) is 18.3 Å². The zero-order valence-electron chi connectivity index (χ0n) is 17.6. The molecule has 7 nitrogen and oxygen atoms in total. The van der Waals surface area contributed by atoms with Crippen LogP contribution in [0.2, 0.25) is 0 Å². The molecule has 1 aliphatic heterocycles. The number of hydrogen-bond donors (Lipinski definition) is 2. The fourth-order valence-electron chi connectivity index (χ4n) is 3.25. The van der Waals surface area contributed by atoms with Crippen LogP contribution in [0.1, 0.15) is 33.2 Å². The van der Waals surface area contributed by atoms with E-state index in [1.54, 1.807) is 66.7 Å². The van der Waals surface area contributed by atoms with Gasteiger partial charge in [0.1, 0.15) is 5.70 Å². The van der Waals surface area contributed by atoms with Gasteiger partial charge in [0.2, 0.25) is 6.79 Å². The predicted molar refractivity (Wildman–Crippen MR) is 127 cm³/mol. The van der Waals surface area contributed by atoms with Crippen LogP contribution in [0.5, 0.6) is 11.5 Å². The Morgan fingerprint density at radius 2 is 1.61 bits per heavy atom. The number of amides is 2. The Balaban J connectivity index is 1.68. The van der Waals surface area contributed by atoms with Gasteiger partial charge in [-0.15, -0.1) is 0 Å². The Labute approximate surface area is 198 Å². The molecule has 3 aromatic carbocycles. The number of nitrogens with one attached hydrogen (secondary N) is 2. The summed E-state index contributed by atoms with van der Waals surface area (Å²) in [4.78, 5) is 38.1. The van der Waals surface area contributed by atoms with Crippen molar-refractivity contribution < 1.29 is 23.9 Å². The summed E-state index contributed by atoms with van der Waals surface area (Å²) in [5, 5.41) is 5.41. The second kappa shape index (κ2) is 9.70. The number of benzene rings is 3. The van der Waals surface area contributed by atoms with Crippen molar-refractivity contribution in [2.75, 3.05) is 12.1 Å². The summed E-state index contributed by atoms with van der Waals surface area (Å²) in [5.41, 5.74) is 1.70. The van der Waals surface area contributed by atoms with Gasteiger partial charge in [-0.05, 0) is 70.9 Å². The first-order valence-electron chi connectivity index (χ1n) is 10.0. The van der Waals surface area contributed by atoms with E-state index in [0.717, 1.165) is 0 Å². The topological polar surface area (TPSA) is 93.7 Å². The van der Waals surface area contributed by atoms with Crippen LogP contribution in [0, 0.1) is 0 Å². The molecule has 0 spiro atoms. The maximum atomic E-state index is 13.2. The lowest BCUT2D eigenvalue weighted by Gasteiger charge is -2.13. The second-order valence-electron chi connectivity index (χ2n) is 7.16. The molecule has 166 valence electrons. The fourth-order valence-corrected chi connectivity index (χ4v) is 3.72. The Bertz CT molecular complexity index is 1290. The maximum absolute atomic E-state index is 13.2. The number of carbonyl (C=O) groups excluding carboxylic acids is 3. The molecule has 2 amide bonds. The minimum Gasteiger partial charge on any atom is -0.454 e. The molecule has 33 heavy (non-hydrogen) atoms. The lowest BCUT2D eigenvalue weighted by Crippen LogP contribution is -2.31. The van der Waals surface area contributed by atoms with Crippen molar-refractivity contribution >= 4 is 45.3 Å². The number of hydrogen-bond acceptors (Lipinski definition) is 5. The number of ether oxygens (including phenoxy) is 2. The molecule has 3 aromatic rings. The number of halogens is 1. The summed E-state index contributed by atoms with van der Waals surface area (Å²) in [5.74, 6) is -0.0935. The number of ketones is 1. The van der Waals surface area contributed by atoms with E-state index in [1.165, 1.54) is 13.0 Å². The molecular weight excluding hydrogens is 488 g/mol. The van der Waals surface area contributed by atoms with Gasteiger partial charge in [0, 0.05) is 10.0 Å². The summed E-state index contributed by atoms with van der Waals surface area (Å²) in [7, 11) is 0. The molecule has 4 rings (SSSR count). The molecule has 2 N–H and O–H groups in total. The molecule has 0 atom stereocenters. The van der Waals surface area contributed by atoms with Crippen LogP contribution >= 0.6 is 15.9 Å². The molecule has 8 heteroatoms. The first-order chi connectivity index (χ1) is 15.9. The van der Waals surface area contributed by atoms with Gasteiger partial charge in [-0.2, -0.15) is 0 Å². The van der Waals surface area contributed by atoms with Gasteiger partial charge >= 0.3 is 0 Å². The van der Waals surface area contributed by atoms with Gasteiger partial charge in [0.15, 0.2) is 17.3 Å². The molecule has 0 unspecified atom stereocenters. The molecule has 0 fully saturated rings. The largest absolute Gasteiger partial charge is 0.454 e. The van der Waals surface area contributed by atoms with E-state index in [0.29, 0.717) is 38.3 Å².